The van der Waals surface area contributed by atoms with Crippen LogP contribution in [0.5, 0.6) is 0 Å². The van der Waals surface area contributed by atoms with Crippen molar-refractivity contribution in [2.24, 2.45) is 0 Å². The molecule has 0 N–H and O–H groups in total. The maximum Gasteiger partial charge on any atom is 0.165 e. The van der Waals surface area contributed by atoms with Crippen molar-refractivity contribution >= 4 is 32.3 Å². The van der Waals surface area contributed by atoms with Gasteiger partial charge in [0.2, 0.25) is 0 Å². The van der Waals surface area contributed by atoms with Crippen molar-refractivity contribution in [1.82, 2.24) is 0 Å². The van der Waals surface area contributed by atoms with E-state index in [1.807, 2.05) is 0 Å². The Hall–Kier alpha value is 0.250. The van der Waals surface area contributed by atoms with Crippen molar-refractivity contribution in [1.29, 1.82) is 0 Å². The summed E-state index contributed by atoms with van der Waals surface area (Å²) in [5.41, 5.74) is 0. The lowest BCUT2D eigenvalue weighted by Crippen LogP contribution is -2.28. The van der Waals surface area contributed by atoms with Crippen molar-refractivity contribution in [3.05, 3.63) is 0 Å². The van der Waals surface area contributed by atoms with Crippen LogP contribution in [0.3, 0.4) is 0 Å². The lowest BCUT2D eigenvalue weighted by molar-refractivity contribution is 0.581. The Bertz CT molecular complexity index is 378. The summed E-state index contributed by atoms with van der Waals surface area (Å²) in [7, 11) is -6.49. The van der Waals surface area contributed by atoms with Gasteiger partial charge in [-0.1, -0.05) is 0 Å². The van der Waals surface area contributed by atoms with Gasteiger partial charge in [0.15, 0.2) is 19.7 Å². The van der Waals surface area contributed by atoms with Crippen molar-refractivity contribution in [3.63, 3.8) is 0 Å². The second-order valence-corrected chi connectivity index (χ2v) is 9.12. The second-order valence-electron chi connectivity index (χ2n) is 3.21. The van der Waals surface area contributed by atoms with Gasteiger partial charge in [-0.2, -0.15) is 12.6 Å². The average molecular weight is 244 g/mol. The smallest absolute Gasteiger partial charge is 0.165 e. The van der Waals surface area contributed by atoms with Gasteiger partial charge in [0.25, 0.3) is 0 Å². The van der Waals surface area contributed by atoms with Crippen LogP contribution in [0.2, 0.25) is 0 Å². The van der Waals surface area contributed by atoms with Crippen LogP contribution < -0.4 is 0 Å². The quantitative estimate of drug-likeness (QED) is 0.687. The molecule has 13 heavy (non-hydrogen) atoms. The fourth-order valence-electron chi connectivity index (χ4n) is 1.30. The molecule has 1 saturated heterocycles. The average Bonchev–Trinajstić information content (AvgIpc) is 2.30. The van der Waals surface area contributed by atoms with Crippen molar-refractivity contribution in [2.75, 3.05) is 11.5 Å². The first-order valence-corrected chi connectivity index (χ1v) is 7.81. The number of thiol groups is 1. The summed E-state index contributed by atoms with van der Waals surface area (Å²) in [6, 6.07) is 0. The van der Waals surface area contributed by atoms with Gasteiger partial charge in [0.1, 0.15) is 4.58 Å². The fourth-order valence-corrected chi connectivity index (χ4v) is 5.89. The highest BCUT2D eigenvalue weighted by Crippen LogP contribution is 2.23. The Morgan fingerprint density at radius 1 is 1.46 bits per heavy atom. The van der Waals surface area contributed by atoms with E-state index in [4.69, 9.17) is 0 Å². The summed E-state index contributed by atoms with van der Waals surface area (Å²) in [4.78, 5) is 0. The summed E-state index contributed by atoms with van der Waals surface area (Å²) < 4.78 is 44.2. The molecule has 1 heterocycles. The molecule has 0 spiro atoms. The molecular formula is C6H12O4S3. The monoisotopic (exact) mass is 244 g/mol. The molecular weight excluding hydrogens is 232 g/mol. The highest BCUT2D eigenvalue weighted by Gasteiger charge is 2.38. The van der Waals surface area contributed by atoms with E-state index in [0.717, 1.165) is 0 Å². The summed E-state index contributed by atoms with van der Waals surface area (Å²) >= 11 is 3.83. The molecule has 1 aliphatic rings. The third-order valence-corrected chi connectivity index (χ3v) is 7.27. The zero-order valence-corrected chi connectivity index (χ0v) is 9.70. The number of sulfone groups is 2. The van der Waals surface area contributed by atoms with Crippen LogP contribution in [-0.4, -0.2) is 38.2 Å². The Morgan fingerprint density at radius 3 is 2.31 bits per heavy atom. The first-order valence-electron chi connectivity index (χ1n) is 3.87. The predicted octanol–water partition coefficient (Wildman–Crippen LogP) is -0.136. The van der Waals surface area contributed by atoms with Gasteiger partial charge in [0.05, 0.1) is 16.8 Å². The van der Waals surface area contributed by atoms with Crippen LogP contribution >= 0.6 is 12.6 Å². The number of hydrogen-bond acceptors (Lipinski definition) is 5. The molecule has 0 radical (unpaired) electrons. The van der Waals surface area contributed by atoms with Gasteiger partial charge in [-0.25, -0.2) is 16.8 Å². The number of rotatable bonds is 2. The normalized spacial score (nSPS) is 30.2. The molecule has 0 bridgehead atoms. The molecule has 1 rings (SSSR count). The van der Waals surface area contributed by atoms with E-state index >= 15 is 0 Å². The van der Waals surface area contributed by atoms with E-state index in [2.05, 4.69) is 12.6 Å². The minimum absolute atomic E-state index is 0.0165. The fraction of sp³-hybridized carbons (Fsp3) is 1.00. The zero-order valence-electron chi connectivity index (χ0n) is 7.17. The van der Waals surface area contributed by atoms with Crippen molar-refractivity contribution in [3.8, 4) is 0 Å². The summed E-state index contributed by atoms with van der Waals surface area (Å²) in [5, 5.41) is -0.745. The number of hydrogen-bond donors (Lipinski definition) is 1. The topological polar surface area (TPSA) is 68.3 Å². The van der Waals surface area contributed by atoms with Crippen molar-refractivity contribution < 1.29 is 16.8 Å². The highest BCUT2D eigenvalue weighted by molar-refractivity contribution is 8.06. The third-order valence-electron chi connectivity index (χ3n) is 2.13. The zero-order chi connectivity index (χ0) is 10.3. The standard InChI is InChI=1S/C6H12O4S3/c1-5(11)13(9,10)6-2-3-12(7,8)4-6/h5-6,11H,2-4H2,1H3. The largest absolute Gasteiger partial charge is 0.229 e. The van der Waals surface area contributed by atoms with Crippen LogP contribution in [-0.2, 0) is 19.7 Å². The molecule has 0 saturated carbocycles. The molecule has 0 amide bonds. The van der Waals surface area contributed by atoms with Gasteiger partial charge in [0, 0.05) is 0 Å². The molecule has 7 heteroatoms. The molecule has 0 aromatic heterocycles. The van der Waals surface area contributed by atoms with Gasteiger partial charge < -0.3 is 0 Å². The van der Waals surface area contributed by atoms with Crippen LogP contribution in [0, 0.1) is 0 Å². The predicted molar refractivity (Wildman–Crippen MR) is 54.4 cm³/mol. The first kappa shape index (κ1) is 11.3. The molecule has 78 valence electrons. The van der Waals surface area contributed by atoms with Crippen LogP contribution in [0.1, 0.15) is 13.3 Å². The lowest BCUT2D eigenvalue weighted by Gasteiger charge is -2.11. The van der Waals surface area contributed by atoms with Gasteiger partial charge in [-0.3, -0.25) is 0 Å². The molecule has 2 atom stereocenters. The molecule has 4 nitrogen and oxygen atoms in total. The van der Waals surface area contributed by atoms with E-state index in [1.54, 1.807) is 0 Å². The van der Waals surface area contributed by atoms with E-state index in [1.165, 1.54) is 6.92 Å². The Kier molecular flexibility index (Phi) is 2.99. The summed E-state index contributed by atoms with van der Waals surface area (Å²) in [6.45, 7) is 1.45. The molecule has 0 aromatic rings. The van der Waals surface area contributed by atoms with Gasteiger partial charge in [-0.05, 0) is 13.3 Å². The van der Waals surface area contributed by atoms with E-state index < -0.39 is 29.5 Å². The minimum Gasteiger partial charge on any atom is -0.229 e. The van der Waals surface area contributed by atoms with Crippen molar-refractivity contribution in [2.45, 2.75) is 23.2 Å². The molecule has 2 unspecified atom stereocenters. The highest BCUT2D eigenvalue weighted by atomic mass is 32.2. The molecule has 0 aliphatic carbocycles. The molecule has 1 fully saturated rings. The Balaban J connectivity index is 2.90. The summed E-state index contributed by atoms with van der Waals surface area (Å²) in [5.74, 6) is -0.252. The van der Waals surface area contributed by atoms with Crippen LogP contribution in [0.15, 0.2) is 0 Å². The maximum absolute atomic E-state index is 11.5. The maximum atomic E-state index is 11.5. The molecule has 1 aliphatic heterocycles. The minimum atomic E-state index is -3.36. The van der Waals surface area contributed by atoms with Crippen LogP contribution in [0.25, 0.3) is 0 Å². The third kappa shape index (κ3) is 2.38. The van der Waals surface area contributed by atoms with Gasteiger partial charge >= 0.3 is 0 Å². The first-order chi connectivity index (χ1) is 5.76. The van der Waals surface area contributed by atoms with E-state index in [0.29, 0.717) is 0 Å². The van der Waals surface area contributed by atoms with E-state index in [9.17, 15) is 16.8 Å². The lowest BCUT2D eigenvalue weighted by atomic mass is 10.4. The van der Waals surface area contributed by atoms with Gasteiger partial charge in [-0.15, -0.1) is 0 Å². The summed E-state index contributed by atoms with van der Waals surface area (Å²) in [6.07, 6.45) is 0.218. The Labute approximate surface area is 84.0 Å². The Morgan fingerprint density at radius 2 is 2.00 bits per heavy atom. The van der Waals surface area contributed by atoms with E-state index in [-0.39, 0.29) is 17.9 Å². The SMILES string of the molecule is CC(S)S(=O)(=O)C1CCS(=O)(=O)C1. The second kappa shape index (κ2) is 3.43. The molecule has 0 aromatic carbocycles. The van der Waals surface area contributed by atoms with Crippen LogP contribution in [0.4, 0.5) is 0 Å².